The van der Waals surface area contributed by atoms with Crippen LogP contribution in [-0.4, -0.2) is 43.3 Å². The van der Waals surface area contributed by atoms with Gasteiger partial charge >= 0.3 is 0 Å². The minimum atomic E-state index is -0.295. The second-order valence-corrected chi connectivity index (χ2v) is 6.92. The molecule has 0 spiro atoms. The minimum absolute atomic E-state index is 0. The number of rotatable bonds is 8. The first-order valence-corrected chi connectivity index (χ1v) is 10.00. The molecular weight excluding hydrogens is 524 g/mol. The highest BCUT2D eigenvalue weighted by molar-refractivity contribution is 14.0. The van der Waals surface area contributed by atoms with Gasteiger partial charge in [0.2, 0.25) is 0 Å². The van der Waals surface area contributed by atoms with E-state index in [9.17, 15) is 4.39 Å². The number of aliphatic imine (C=N–C) groups is 1. The lowest BCUT2D eigenvalue weighted by molar-refractivity contribution is 0.354. The lowest BCUT2D eigenvalue weighted by atomic mass is 10.1. The van der Waals surface area contributed by atoms with Crippen LogP contribution in [0.3, 0.4) is 0 Å². The lowest BCUT2D eigenvalue weighted by Crippen LogP contribution is -2.37. The normalized spacial score (nSPS) is 11.0. The number of guanidine groups is 1. The molecule has 0 bridgehead atoms. The number of ether oxygens (including phenoxy) is 2. The van der Waals surface area contributed by atoms with Crippen molar-refractivity contribution in [2.75, 3.05) is 27.8 Å². The number of halogens is 2. The van der Waals surface area contributed by atoms with Crippen LogP contribution in [0.4, 0.5) is 4.39 Å². The summed E-state index contributed by atoms with van der Waals surface area (Å²) in [6, 6.07) is 11.0. The molecule has 172 valence electrons. The van der Waals surface area contributed by atoms with Crippen LogP contribution < -0.4 is 20.1 Å². The van der Waals surface area contributed by atoms with Crippen molar-refractivity contribution in [3.63, 3.8) is 0 Å². The van der Waals surface area contributed by atoms with Gasteiger partial charge in [0, 0.05) is 32.5 Å². The number of benzene rings is 2. The predicted molar refractivity (Wildman–Crippen MR) is 135 cm³/mol. The highest BCUT2D eigenvalue weighted by Gasteiger charge is 2.09. The Morgan fingerprint density at radius 2 is 1.81 bits per heavy atom. The number of hydrogen-bond acceptors (Lipinski definition) is 4. The molecule has 0 amide bonds. The summed E-state index contributed by atoms with van der Waals surface area (Å²) in [6.45, 7) is 2.98. The molecule has 9 heteroatoms. The largest absolute Gasteiger partial charge is 0.493 e. The fourth-order valence-electron chi connectivity index (χ4n) is 3.26. The fourth-order valence-corrected chi connectivity index (χ4v) is 3.26. The molecule has 1 heterocycles. The van der Waals surface area contributed by atoms with E-state index in [0.29, 0.717) is 36.2 Å². The Kier molecular flexibility index (Phi) is 9.76. The van der Waals surface area contributed by atoms with E-state index < -0.39 is 0 Å². The van der Waals surface area contributed by atoms with Crippen molar-refractivity contribution in [2.24, 2.45) is 4.99 Å². The molecule has 2 N–H and O–H groups in total. The first-order valence-electron chi connectivity index (χ1n) is 10.00. The van der Waals surface area contributed by atoms with E-state index >= 15 is 0 Å². The zero-order valence-corrected chi connectivity index (χ0v) is 21.0. The molecule has 0 saturated heterocycles. The molecule has 0 fully saturated rings. The molecule has 0 aliphatic carbocycles. The van der Waals surface area contributed by atoms with Crippen LogP contribution in [0.15, 0.2) is 53.8 Å². The molecule has 7 nitrogen and oxygen atoms in total. The quantitative estimate of drug-likeness (QED) is 0.252. The third-order valence-electron chi connectivity index (χ3n) is 4.94. The number of nitrogens with zero attached hydrogens (tertiary/aromatic N) is 3. The van der Waals surface area contributed by atoms with Gasteiger partial charge in [0.25, 0.3) is 0 Å². The lowest BCUT2D eigenvalue weighted by Gasteiger charge is -2.14. The van der Waals surface area contributed by atoms with Crippen molar-refractivity contribution in [2.45, 2.75) is 19.9 Å². The molecule has 3 rings (SSSR count). The summed E-state index contributed by atoms with van der Waals surface area (Å²) in [4.78, 5) is 8.37. The summed E-state index contributed by atoms with van der Waals surface area (Å²) in [6.07, 6.45) is 4.19. The highest BCUT2D eigenvalue weighted by Crippen LogP contribution is 2.27. The summed E-state index contributed by atoms with van der Waals surface area (Å²) in [5.74, 6) is 2.51. The van der Waals surface area contributed by atoms with E-state index in [0.717, 1.165) is 23.4 Å². The monoisotopic (exact) mass is 553 g/mol. The van der Waals surface area contributed by atoms with E-state index in [4.69, 9.17) is 9.47 Å². The van der Waals surface area contributed by atoms with Crippen LogP contribution in [0, 0.1) is 12.7 Å². The van der Waals surface area contributed by atoms with Gasteiger partial charge in [-0.25, -0.2) is 9.37 Å². The zero-order valence-electron chi connectivity index (χ0n) is 18.7. The summed E-state index contributed by atoms with van der Waals surface area (Å²) in [5, 5.41) is 6.48. The molecular formula is C23H29FIN5O2. The van der Waals surface area contributed by atoms with Gasteiger partial charge in [-0.05, 0) is 48.7 Å². The van der Waals surface area contributed by atoms with Gasteiger partial charge in [-0.3, -0.25) is 4.99 Å². The highest BCUT2D eigenvalue weighted by atomic mass is 127. The first kappa shape index (κ1) is 25.4. The molecule has 0 atom stereocenters. The van der Waals surface area contributed by atoms with Crippen molar-refractivity contribution in [1.29, 1.82) is 0 Å². The predicted octanol–water partition coefficient (Wildman–Crippen LogP) is 3.86. The number of methoxy groups -OCH3 is 2. The molecule has 3 aromatic rings. The van der Waals surface area contributed by atoms with Crippen LogP contribution in [0.5, 0.6) is 11.5 Å². The van der Waals surface area contributed by atoms with E-state index in [1.807, 2.05) is 31.2 Å². The number of imidazole rings is 1. The van der Waals surface area contributed by atoms with Gasteiger partial charge in [0.05, 0.1) is 19.9 Å². The molecule has 0 aliphatic heterocycles. The number of aryl methyl sites for hydroxylation is 1. The Bertz CT molecular complexity index is 1050. The second-order valence-electron chi connectivity index (χ2n) is 6.92. The molecule has 1 aromatic heterocycles. The minimum Gasteiger partial charge on any atom is -0.493 e. The van der Waals surface area contributed by atoms with Gasteiger partial charge in [0.1, 0.15) is 11.6 Å². The first-order chi connectivity index (χ1) is 15.0. The standard InChI is InChI=1S/C23H28FN5O2.HI/c1-16-26-11-12-29(16)20-7-5-18(13-19(20)24)15-28-23(25-2)27-10-9-17-6-8-21(30-3)22(14-17)31-4;/h5-8,11-14H,9-10,15H2,1-4H3,(H2,25,27,28);1H. The van der Waals surface area contributed by atoms with Gasteiger partial charge in [0.15, 0.2) is 17.5 Å². The van der Waals surface area contributed by atoms with E-state index in [1.165, 1.54) is 6.07 Å². The third-order valence-corrected chi connectivity index (χ3v) is 4.94. The van der Waals surface area contributed by atoms with E-state index in [-0.39, 0.29) is 29.8 Å². The number of aromatic nitrogens is 2. The maximum absolute atomic E-state index is 14.6. The average molecular weight is 553 g/mol. The smallest absolute Gasteiger partial charge is 0.191 e. The van der Waals surface area contributed by atoms with Gasteiger partial charge in [-0.1, -0.05) is 12.1 Å². The maximum atomic E-state index is 14.6. The Balaban J connectivity index is 0.00000363. The van der Waals surface area contributed by atoms with Gasteiger partial charge in [-0.15, -0.1) is 24.0 Å². The van der Waals surface area contributed by atoms with Crippen LogP contribution in [0.1, 0.15) is 17.0 Å². The van der Waals surface area contributed by atoms with Crippen LogP contribution >= 0.6 is 24.0 Å². The number of nitrogens with one attached hydrogen (secondary N) is 2. The van der Waals surface area contributed by atoms with E-state index in [2.05, 4.69) is 20.6 Å². The molecule has 0 unspecified atom stereocenters. The van der Waals surface area contributed by atoms with Crippen LogP contribution in [0.25, 0.3) is 5.69 Å². The Morgan fingerprint density at radius 1 is 1.06 bits per heavy atom. The van der Waals surface area contributed by atoms with Crippen LogP contribution in [-0.2, 0) is 13.0 Å². The molecule has 0 saturated carbocycles. The summed E-state index contributed by atoms with van der Waals surface area (Å²) in [7, 11) is 4.95. The maximum Gasteiger partial charge on any atom is 0.191 e. The molecule has 0 radical (unpaired) electrons. The number of hydrogen-bond donors (Lipinski definition) is 2. The average Bonchev–Trinajstić information content (AvgIpc) is 3.21. The van der Waals surface area contributed by atoms with Gasteiger partial charge in [-0.2, -0.15) is 0 Å². The van der Waals surface area contributed by atoms with E-state index in [1.54, 1.807) is 44.3 Å². The topological polar surface area (TPSA) is 72.7 Å². The van der Waals surface area contributed by atoms with Crippen molar-refractivity contribution < 1.29 is 13.9 Å². The summed E-state index contributed by atoms with van der Waals surface area (Å²) >= 11 is 0. The fraction of sp³-hybridized carbons (Fsp3) is 0.304. The zero-order chi connectivity index (χ0) is 22.2. The Labute approximate surface area is 205 Å². The van der Waals surface area contributed by atoms with Crippen molar-refractivity contribution in [3.8, 4) is 17.2 Å². The Morgan fingerprint density at radius 3 is 2.44 bits per heavy atom. The molecule has 0 aliphatic rings. The second kappa shape index (κ2) is 12.3. The molecule has 2 aromatic carbocycles. The van der Waals surface area contributed by atoms with Crippen molar-refractivity contribution >= 4 is 29.9 Å². The SMILES string of the molecule is CN=C(NCCc1ccc(OC)c(OC)c1)NCc1ccc(-n2ccnc2C)c(F)c1.I. The summed E-state index contributed by atoms with van der Waals surface area (Å²) in [5.41, 5.74) is 2.42. The third kappa shape index (κ3) is 6.35. The van der Waals surface area contributed by atoms with Crippen molar-refractivity contribution in [3.05, 3.63) is 71.6 Å². The summed E-state index contributed by atoms with van der Waals surface area (Å²) < 4.78 is 26.9. The van der Waals surface area contributed by atoms with Crippen molar-refractivity contribution in [1.82, 2.24) is 20.2 Å². The van der Waals surface area contributed by atoms with Crippen LogP contribution in [0.2, 0.25) is 0 Å². The van der Waals surface area contributed by atoms with Gasteiger partial charge < -0.3 is 24.7 Å². The molecule has 32 heavy (non-hydrogen) atoms. The Hall–Kier alpha value is -2.82.